The zero-order chi connectivity index (χ0) is 40.7. The minimum Gasteiger partial charge on any atom is -0.310 e. The van der Waals surface area contributed by atoms with E-state index < -0.39 is 0 Å². The van der Waals surface area contributed by atoms with Crippen molar-refractivity contribution >= 4 is 66.4 Å². The molecule has 0 atom stereocenters. The molecule has 0 spiro atoms. The molecule has 0 aliphatic heterocycles. The van der Waals surface area contributed by atoms with Gasteiger partial charge in [0.05, 0.1) is 11.4 Å². The molecule has 0 unspecified atom stereocenters. The topological polar surface area (TPSA) is 6.48 Å². The molecule has 2 aliphatic rings. The van der Waals surface area contributed by atoms with Crippen molar-refractivity contribution in [1.29, 1.82) is 0 Å². The van der Waals surface area contributed by atoms with Crippen LogP contribution in [-0.4, -0.2) is 0 Å². The Morgan fingerprint density at radius 1 is 0.350 bits per heavy atom. The first kappa shape index (κ1) is 38.6. The second-order valence-corrected chi connectivity index (χ2v) is 18.6. The van der Waals surface area contributed by atoms with Crippen LogP contribution in [0.3, 0.4) is 0 Å². The summed E-state index contributed by atoms with van der Waals surface area (Å²) in [7, 11) is 0. The molecule has 2 heteroatoms. The molecule has 2 nitrogen and oxygen atoms in total. The van der Waals surface area contributed by atoms with E-state index in [0.717, 1.165) is 0 Å². The van der Waals surface area contributed by atoms with Gasteiger partial charge in [0.1, 0.15) is 0 Å². The van der Waals surface area contributed by atoms with Crippen molar-refractivity contribution in [2.24, 2.45) is 0 Å². The molecule has 2 aliphatic carbocycles. The first-order valence-corrected chi connectivity index (χ1v) is 23.1. The summed E-state index contributed by atoms with van der Waals surface area (Å²) in [4.78, 5) is 5.00. The van der Waals surface area contributed by atoms with Crippen LogP contribution >= 0.6 is 0 Å². The van der Waals surface area contributed by atoms with E-state index in [1.165, 1.54) is 153 Å². The van der Waals surface area contributed by atoms with Gasteiger partial charge in [-0.25, -0.2) is 0 Å². The summed E-state index contributed by atoms with van der Waals surface area (Å²) in [5, 5.41) is 7.76. The zero-order valence-corrected chi connectivity index (χ0v) is 36.1. The first-order valence-electron chi connectivity index (χ1n) is 23.1. The summed E-state index contributed by atoms with van der Waals surface area (Å²) in [5.74, 6) is 2.32. The van der Waals surface area contributed by atoms with E-state index in [1.807, 2.05) is 0 Å². The minimum atomic E-state index is 0.480. The van der Waals surface area contributed by atoms with Crippen LogP contribution in [0.4, 0.5) is 34.1 Å². The van der Waals surface area contributed by atoms with Gasteiger partial charge in [-0.2, -0.15) is 0 Å². The molecule has 0 saturated heterocycles. The third-order valence-corrected chi connectivity index (χ3v) is 14.2. The Kier molecular flexibility index (Phi) is 10.6. The average molecular weight is 785 g/mol. The molecule has 8 aromatic rings. The number of nitrogens with zero attached hydrogens (tertiary/aromatic N) is 2. The average Bonchev–Trinajstić information content (AvgIpc) is 3.30. The summed E-state index contributed by atoms with van der Waals surface area (Å²) in [6.45, 7) is 9.11. The van der Waals surface area contributed by atoms with Crippen molar-refractivity contribution in [3.8, 4) is 0 Å². The molecule has 0 radical (unpaired) electrons. The Morgan fingerprint density at radius 2 is 0.667 bits per heavy atom. The molecule has 0 aromatic heterocycles. The summed E-state index contributed by atoms with van der Waals surface area (Å²) in [6.07, 6.45) is 13.4. The second kappa shape index (κ2) is 16.5. The Morgan fingerprint density at radius 3 is 1.00 bits per heavy atom. The molecular weight excluding hydrogens is 725 g/mol. The lowest BCUT2D eigenvalue weighted by molar-refractivity contribution is 0.443. The normalized spacial score (nSPS) is 15.5. The number of rotatable bonds is 10. The van der Waals surface area contributed by atoms with Crippen LogP contribution in [-0.2, 0) is 0 Å². The maximum absolute atomic E-state index is 2.50. The van der Waals surface area contributed by atoms with Crippen LogP contribution in [0.2, 0.25) is 0 Å². The molecule has 302 valence electrons. The van der Waals surface area contributed by atoms with E-state index in [0.29, 0.717) is 23.7 Å². The highest BCUT2D eigenvalue weighted by Gasteiger charge is 2.24. The van der Waals surface area contributed by atoms with Gasteiger partial charge in [-0.1, -0.05) is 151 Å². The van der Waals surface area contributed by atoms with Crippen LogP contribution in [0.5, 0.6) is 0 Å². The molecule has 60 heavy (non-hydrogen) atoms. The van der Waals surface area contributed by atoms with Gasteiger partial charge in [0.15, 0.2) is 0 Å². The Balaban J connectivity index is 1.13. The molecule has 2 fully saturated rings. The van der Waals surface area contributed by atoms with Crippen LogP contribution < -0.4 is 9.80 Å². The van der Waals surface area contributed by atoms with Gasteiger partial charge in [0.25, 0.3) is 0 Å². The van der Waals surface area contributed by atoms with Gasteiger partial charge < -0.3 is 9.80 Å². The maximum Gasteiger partial charge on any atom is 0.0540 e. The van der Waals surface area contributed by atoms with Crippen molar-refractivity contribution in [3.05, 3.63) is 168 Å². The van der Waals surface area contributed by atoms with Crippen molar-refractivity contribution < 1.29 is 0 Å². The Labute approximate surface area is 358 Å². The van der Waals surface area contributed by atoms with E-state index in [-0.39, 0.29) is 0 Å². The van der Waals surface area contributed by atoms with E-state index in [2.05, 4.69) is 183 Å². The van der Waals surface area contributed by atoms with Gasteiger partial charge in [-0.3, -0.25) is 0 Å². The fraction of sp³-hybridized carbons (Fsp3) is 0.310. The van der Waals surface area contributed by atoms with Crippen molar-refractivity contribution in [2.45, 2.75) is 116 Å². The number of anilines is 6. The van der Waals surface area contributed by atoms with Crippen LogP contribution in [0.1, 0.15) is 138 Å². The summed E-state index contributed by atoms with van der Waals surface area (Å²) in [5.41, 5.74) is 12.9. The fourth-order valence-corrected chi connectivity index (χ4v) is 10.7. The molecule has 0 N–H and O–H groups in total. The quantitative estimate of drug-likeness (QED) is 0.127. The van der Waals surface area contributed by atoms with Crippen LogP contribution in [0.25, 0.3) is 32.3 Å². The molecule has 10 rings (SSSR count). The number of hydrogen-bond acceptors (Lipinski definition) is 2. The minimum absolute atomic E-state index is 0.480. The lowest BCUT2D eigenvalue weighted by atomic mass is 9.84. The highest BCUT2D eigenvalue weighted by molar-refractivity contribution is 6.28. The third kappa shape index (κ3) is 7.23. The lowest BCUT2D eigenvalue weighted by Gasteiger charge is -2.30. The largest absolute Gasteiger partial charge is 0.310 e. The molecule has 8 aromatic carbocycles. The Hall–Kier alpha value is -5.60. The van der Waals surface area contributed by atoms with Crippen LogP contribution in [0.15, 0.2) is 146 Å². The second-order valence-electron chi connectivity index (χ2n) is 18.6. The van der Waals surface area contributed by atoms with Gasteiger partial charge >= 0.3 is 0 Å². The van der Waals surface area contributed by atoms with Crippen molar-refractivity contribution in [2.75, 3.05) is 9.80 Å². The smallest absolute Gasteiger partial charge is 0.0540 e. The van der Waals surface area contributed by atoms with E-state index in [9.17, 15) is 0 Å². The monoisotopic (exact) mass is 784 g/mol. The molecule has 0 bridgehead atoms. The van der Waals surface area contributed by atoms with E-state index in [4.69, 9.17) is 0 Å². The lowest BCUT2D eigenvalue weighted by Crippen LogP contribution is -2.12. The molecule has 0 amide bonds. The van der Waals surface area contributed by atoms with Crippen LogP contribution in [0, 0.1) is 0 Å². The zero-order valence-electron chi connectivity index (χ0n) is 36.1. The SMILES string of the molecule is CC(C)c1ccc(N(c2ccc(C3CCCCC3)cc2)c2ccc3ccc4c(N(c5ccc(C(C)C)cc5)c5ccc(C6CCCCC6)cc5)ccc5ccc2c3c54)cc1. The predicted molar refractivity (Wildman–Crippen MR) is 259 cm³/mol. The molecule has 2 saturated carbocycles. The van der Waals surface area contributed by atoms with Gasteiger partial charge in [0, 0.05) is 33.5 Å². The Bertz CT molecular complexity index is 2500. The number of benzene rings is 8. The van der Waals surface area contributed by atoms with Gasteiger partial charge in [0.2, 0.25) is 0 Å². The molecule has 0 heterocycles. The standard InChI is InChI=1S/C58H60N2/c1-39(2)41-15-27-49(28-16-41)59(51-31-19-45(20-32-51)43-11-7-5-8-12-43)55-37-25-47-24-36-54-56(38-26-48-23-35-53(55)57(47)58(48)54)60(50-29-17-42(18-30-50)40(3)4)52-33-21-46(22-34-52)44-13-9-6-10-14-44/h15-40,43-44H,5-14H2,1-4H3. The van der Waals surface area contributed by atoms with Crippen molar-refractivity contribution in [1.82, 2.24) is 0 Å². The summed E-state index contributed by atoms with van der Waals surface area (Å²) in [6, 6.07) is 56.5. The first-order chi connectivity index (χ1) is 29.4. The van der Waals surface area contributed by atoms with Crippen molar-refractivity contribution in [3.63, 3.8) is 0 Å². The van der Waals surface area contributed by atoms with Gasteiger partial charge in [-0.15, -0.1) is 0 Å². The molecular formula is C58H60N2. The highest BCUT2D eigenvalue weighted by Crippen LogP contribution is 2.48. The van der Waals surface area contributed by atoms with E-state index >= 15 is 0 Å². The van der Waals surface area contributed by atoms with E-state index in [1.54, 1.807) is 0 Å². The number of hydrogen-bond donors (Lipinski definition) is 0. The third-order valence-electron chi connectivity index (χ3n) is 14.2. The fourth-order valence-electron chi connectivity index (χ4n) is 10.7. The highest BCUT2D eigenvalue weighted by atomic mass is 15.1. The van der Waals surface area contributed by atoms with Gasteiger partial charge in [-0.05, 0) is 154 Å². The maximum atomic E-state index is 2.50. The summed E-state index contributed by atoms with van der Waals surface area (Å²) >= 11 is 0. The predicted octanol–water partition coefficient (Wildman–Crippen LogP) is 17.9. The summed E-state index contributed by atoms with van der Waals surface area (Å²) < 4.78 is 0.